The molecule has 1 atom stereocenters. The summed E-state index contributed by atoms with van der Waals surface area (Å²) in [5, 5.41) is 6.68. The van der Waals surface area contributed by atoms with E-state index in [9.17, 15) is 0 Å². The predicted molar refractivity (Wildman–Crippen MR) is 142 cm³/mol. The molecule has 1 aliphatic heterocycles. The molecule has 7 nitrogen and oxygen atoms in total. The Labute approximate surface area is 212 Å². The zero-order valence-corrected chi connectivity index (χ0v) is 21.5. The summed E-state index contributed by atoms with van der Waals surface area (Å²) in [6.45, 7) is 7.08. The largest absolute Gasteiger partial charge is 0.444 e. The molecule has 8 heteroatoms. The lowest BCUT2D eigenvalue weighted by Gasteiger charge is -2.31. The SMILES string of the molecule is CN=C(NCc1cccc(CN2CCOC(C)C2)c1)NCc1coc(-c2ccccc2)n1.I. The Bertz CT molecular complexity index is 1020. The maximum absolute atomic E-state index is 5.64. The standard InChI is InChI=1S/C25H31N5O2.HI/c1-19-16-30(11-12-31-19)17-21-8-6-7-20(13-21)14-27-25(26-2)28-15-23-18-32-24(29-23)22-9-4-3-5-10-22;/h3-10,13,18-19H,11-12,14-17H2,1-2H3,(H2,26,27,28);1H. The fourth-order valence-corrected chi connectivity index (χ4v) is 3.81. The molecule has 1 saturated heterocycles. The lowest BCUT2D eigenvalue weighted by molar-refractivity contribution is -0.0212. The Hall–Kier alpha value is -2.43. The molecule has 1 aliphatic rings. The van der Waals surface area contributed by atoms with E-state index in [1.807, 2.05) is 30.3 Å². The number of oxazole rings is 1. The average Bonchev–Trinajstić information content (AvgIpc) is 3.29. The van der Waals surface area contributed by atoms with Gasteiger partial charge in [-0.25, -0.2) is 4.98 Å². The van der Waals surface area contributed by atoms with E-state index in [2.05, 4.69) is 56.7 Å². The second-order valence-corrected chi connectivity index (χ2v) is 8.03. The van der Waals surface area contributed by atoms with Crippen LogP contribution in [0.3, 0.4) is 0 Å². The van der Waals surface area contributed by atoms with Crippen molar-refractivity contribution in [1.29, 1.82) is 0 Å². The number of guanidine groups is 1. The number of hydrogen-bond acceptors (Lipinski definition) is 5. The van der Waals surface area contributed by atoms with Gasteiger partial charge in [0, 0.05) is 38.8 Å². The molecule has 2 aromatic carbocycles. The molecular formula is C25H32IN5O2. The molecule has 0 radical (unpaired) electrons. The lowest BCUT2D eigenvalue weighted by Crippen LogP contribution is -2.40. The summed E-state index contributed by atoms with van der Waals surface area (Å²) in [6.07, 6.45) is 1.98. The number of aliphatic imine (C=N–C) groups is 1. The third kappa shape index (κ3) is 7.55. The van der Waals surface area contributed by atoms with Crippen molar-refractivity contribution in [3.05, 3.63) is 77.7 Å². The first-order valence-corrected chi connectivity index (χ1v) is 11.1. The van der Waals surface area contributed by atoms with Gasteiger partial charge in [-0.05, 0) is 30.2 Å². The first kappa shape index (κ1) is 25.2. The van der Waals surface area contributed by atoms with E-state index >= 15 is 0 Å². The fraction of sp³-hybridized carbons (Fsp3) is 0.360. The molecule has 33 heavy (non-hydrogen) atoms. The minimum Gasteiger partial charge on any atom is -0.444 e. The number of benzene rings is 2. The van der Waals surface area contributed by atoms with Crippen LogP contribution >= 0.6 is 24.0 Å². The van der Waals surface area contributed by atoms with E-state index in [-0.39, 0.29) is 24.0 Å². The van der Waals surface area contributed by atoms with Gasteiger partial charge in [0.25, 0.3) is 0 Å². The molecule has 2 N–H and O–H groups in total. The molecule has 0 spiro atoms. The maximum atomic E-state index is 5.64. The normalized spacial score (nSPS) is 16.8. The second-order valence-electron chi connectivity index (χ2n) is 8.03. The van der Waals surface area contributed by atoms with Crippen LogP contribution in [0.2, 0.25) is 0 Å². The third-order valence-corrected chi connectivity index (χ3v) is 5.42. The van der Waals surface area contributed by atoms with Crippen molar-refractivity contribution in [3.8, 4) is 11.5 Å². The van der Waals surface area contributed by atoms with Crippen molar-refractivity contribution >= 4 is 29.9 Å². The number of aromatic nitrogens is 1. The smallest absolute Gasteiger partial charge is 0.226 e. The molecular weight excluding hydrogens is 529 g/mol. The maximum Gasteiger partial charge on any atom is 0.226 e. The van der Waals surface area contributed by atoms with Gasteiger partial charge in [0.05, 0.1) is 24.9 Å². The Balaban J connectivity index is 0.00000306. The van der Waals surface area contributed by atoms with E-state index in [1.165, 1.54) is 11.1 Å². The third-order valence-electron chi connectivity index (χ3n) is 5.42. The number of halogens is 1. The summed E-state index contributed by atoms with van der Waals surface area (Å²) in [4.78, 5) is 11.3. The molecule has 1 fully saturated rings. The zero-order valence-electron chi connectivity index (χ0n) is 19.2. The highest BCUT2D eigenvalue weighted by molar-refractivity contribution is 14.0. The average molecular weight is 561 g/mol. The van der Waals surface area contributed by atoms with E-state index < -0.39 is 0 Å². The summed E-state index contributed by atoms with van der Waals surface area (Å²) in [6, 6.07) is 18.6. The van der Waals surface area contributed by atoms with E-state index in [1.54, 1.807) is 13.3 Å². The van der Waals surface area contributed by atoms with Gasteiger partial charge in [-0.1, -0.05) is 42.5 Å². The minimum absolute atomic E-state index is 0. The van der Waals surface area contributed by atoms with Crippen LogP contribution in [0, 0.1) is 0 Å². The number of morpholine rings is 1. The minimum atomic E-state index is 0. The van der Waals surface area contributed by atoms with Crippen molar-refractivity contribution < 1.29 is 9.15 Å². The highest BCUT2D eigenvalue weighted by Crippen LogP contribution is 2.17. The number of ether oxygens (including phenoxy) is 1. The fourth-order valence-electron chi connectivity index (χ4n) is 3.81. The lowest BCUT2D eigenvalue weighted by atomic mass is 10.1. The topological polar surface area (TPSA) is 74.9 Å². The Morgan fingerprint density at radius 1 is 1.09 bits per heavy atom. The predicted octanol–water partition coefficient (Wildman–Crippen LogP) is 4.05. The van der Waals surface area contributed by atoms with Crippen LogP contribution in [0.1, 0.15) is 23.7 Å². The van der Waals surface area contributed by atoms with Crippen molar-refractivity contribution in [2.75, 3.05) is 26.7 Å². The Kier molecular flexibility index (Phi) is 9.71. The quantitative estimate of drug-likeness (QED) is 0.258. The van der Waals surface area contributed by atoms with Gasteiger partial charge in [0.15, 0.2) is 5.96 Å². The second kappa shape index (κ2) is 12.7. The van der Waals surface area contributed by atoms with Crippen LogP contribution < -0.4 is 10.6 Å². The number of hydrogen-bond donors (Lipinski definition) is 2. The highest BCUT2D eigenvalue weighted by atomic mass is 127. The molecule has 0 saturated carbocycles. The van der Waals surface area contributed by atoms with Gasteiger partial charge >= 0.3 is 0 Å². The number of nitrogens with one attached hydrogen (secondary N) is 2. The molecule has 0 aliphatic carbocycles. The summed E-state index contributed by atoms with van der Waals surface area (Å²) in [5.41, 5.74) is 4.33. The highest BCUT2D eigenvalue weighted by Gasteiger charge is 2.16. The van der Waals surface area contributed by atoms with Gasteiger partial charge in [0.1, 0.15) is 6.26 Å². The van der Waals surface area contributed by atoms with Crippen molar-refractivity contribution in [2.24, 2.45) is 4.99 Å². The summed E-state index contributed by atoms with van der Waals surface area (Å²) >= 11 is 0. The number of rotatable bonds is 7. The molecule has 1 unspecified atom stereocenters. The van der Waals surface area contributed by atoms with Crippen LogP contribution in [-0.2, 0) is 24.4 Å². The monoisotopic (exact) mass is 561 g/mol. The van der Waals surface area contributed by atoms with Crippen LogP contribution in [0.4, 0.5) is 0 Å². The van der Waals surface area contributed by atoms with Crippen molar-refractivity contribution in [3.63, 3.8) is 0 Å². The Morgan fingerprint density at radius 2 is 1.88 bits per heavy atom. The van der Waals surface area contributed by atoms with E-state index in [0.29, 0.717) is 25.1 Å². The zero-order chi connectivity index (χ0) is 22.2. The van der Waals surface area contributed by atoms with Gasteiger partial charge in [-0.15, -0.1) is 24.0 Å². The van der Waals surface area contributed by atoms with Crippen LogP contribution in [0.25, 0.3) is 11.5 Å². The van der Waals surface area contributed by atoms with Crippen LogP contribution in [0.15, 0.2) is 70.3 Å². The first-order chi connectivity index (χ1) is 15.7. The van der Waals surface area contributed by atoms with E-state index in [4.69, 9.17) is 9.15 Å². The van der Waals surface area contributed by atoms with Gasteiger partial charge < -0.3 is 19.8 Å². The van der Waals surface area contributed by atoms with Crippen LogP contribution in [-0.4, -0.2) is 48.7 Å². The van der Waals surface area contributed by atoms with E-state index in [0.717, 1.165) is 43.5 Å². The van der Waals surface area contributed by atoms with Gasteiger partial charge in [-0.2, -0.15) is 0 Å². The van der Waals surface area contributed by atoms with Crippen LogP contribution in [0.5, 0.6) is 0 Å². The summed E-state index contributed by atoms with van der Waals surface area (Å²) in [5.74, 6) is 1.35. The van der Waals surface area contributed by atoms with Crippen molar-refractivity contribution in [1.82, 2.24) is 20.5 Å². The van der Waals surface area contributed by atoms with Gasteiger partial charge in [0.2, 0.25) is 5.89 Å². The first-order valence-electron chi connectivity index (χ1n) is 11.1. The summed E-state index contributed by atoms with van der Waals surface area (Å²) < 4.78 is 11.2. The van der Waals surface area contributed by atoms with Gasteiger partial charge in [-0.3, -0.25) is 9.89 Å². The number of nitrogens with zero attached hydrogens (tertiary/aromatic N) is 3. The molecule has 1 aromatic heterocycles. The molecule has 0 amide bonds. The summed E-state index contributed by atoms with van der Waals surface area (Å²) in [7, 11) is 1.77. The molecule has 0 bridgehead atoms. The Morgan fingerprint density at radius 3 is 2.67 bits per heavy atom. The molecule has 2 heterocycles. The molecule has 4 rings (SSSR count). The van der Waals surface area contributed by atoms with Crippen molar-refractivity contribution in [2.45, 2.75) is 32.7 Å². The molecule has 176 valence electrons. The molecule has 3 aromatic rings.